The maximum Gasteiger partial charge on any atom is 0.339 e. The van der Waals surface area contributed by atoms with Gasteiger partial charge in [-0.05, 0) is 34.7 Å². The Balaban J connectivity index is 2.91. The highest BCUT2D eigenvalue weighted by molar-refractivity contribution is 14.1. The normalized spacial score (nSPS) is 9.94. The molecule has 0 saturated heterocycles. The second-order valence-corrected chi connectivity index (χ2v) is 3.95. The Labute approximate surface area is 103 Å². The molecule has 1 rings (SSSR count). The maximum atomic E-state index is 12.8. The Morgan fingerprint density at radius 3 is 2.44 bits per heavy atom. The molecule has 0 fully saturated rings. The zero-order valence-corrected chi connectivity index (χ0v) is 9.96. The fourth-order valence-electron chi connectivity index (χ4n) is 0.893. The van der Waals surface area contributed by atoms with Crippen molar-refractivity contribution in [3.05, 3.63) is 32.9 Å². The number of nitrogens with two attached hydrogens (primary N) is 1. The largest absolute Gasteiger partial charge is 0.452 e. The third kappa shape index (κ3) is 3.12. The fraction of sp³-hybridized carbons (Fsp3) is 0.111. The van der Waals surface area contributed by atoms with Crippen molar-refractivity contribution in [3.8, 4) is 0 Å². The van der Waals surface area contributed by atoms with E-state index in [-0.39, 0.29) is 9.13 Å². The van der Waals surface area contributed by atoms with Crippen LogP contribution >= 0.6 is 22.6 Å². The first kappa shape index (κ1) is 12.8. The van der Waals surface area contributed by atoms with Gasteiger partial charge in [-0.2, -0.15) is 0 Å². The lowest BCUT2D eigenvalue weighted by Crippen LogP contribution is -2.21. The van der Waals surface area contributed by atoms with Crippen LogP contribution in [0.5, 0.6) is 0 Å². The summed E-state index contributed by atoms with van der Waals surface area (Å²) in [6.07, 6.45) is 0. The molecule has 0 aromatic heterocycles. The number of carbonyl (C=O) groups excluding carboxylic acids is 2. The van der Waals surface area contributed by atoms with Crippen LogP contribution in [0.15, 0.2) is 12.1 Å². The van der Waals surface area contributed by atoms with Crippen molar-refractivity contribution in [2.75, 3.05) is 6.61 Å². The molecule has 0 aliphatic carbocycles. The van der Waals surface area contributed by atoms with Gasteiger partial charge in [-0.25, -0.2) is 13.6 Å². The van der Waals surface area contributed by atoms with E-state index in [0.29, 0.717) is 6.07 Å². The second kappa shape index (κ2) is 5.19. The Morgan fingerprint density at radius 1 is 1.31 bits per heavy atom. The van der Waals surface area contributed by atoms with Gasteiger partial charge in [0.1, 0.15) is 0 Å². The van der Waals surface area contributed by atoms with Crippen LogP contribution in [0.1, 0.15) is 10.4 Å². The minimum Gasteiger partial charge on any atom is -0.452 e. The van der Waals surface area contributed by atoms with Gasteiger partial charge in [0.15, 0.2) is 18.2 Å². The molecule has 0 unspecified atom stereocenters. The summed E-state index contributed by atoms with van der Waals surface area (Å²) in [5.41, 5.74) is 4.61. The summed E-state index contributed by atoms with van der Waals surface area (Å²) in [5.74, 6) is -3.98. The van der Waals surface area contributed by atoms with Gasteiger partial charge in [0, 0.05) is 3.57 Å². The van der Waals surface area contributed by atoms with E-state index in [1.807, 2.05) is 0 Å². The molecule has 0 atom stereocenters. The lowest BCUT2D eigenvalue weighted by atomic mass is 10.2. The second-order valence-electron chi connectivity index (χ2n) is 2.79. The summed E-state index contributed by atoms with van der Waals surface area (Å²) < 4.78 is 30.2. The van der Waals surface area contributed by atoms with E-state index in [2.05, 4.69) is 4.74 Å². The van der Waals surface area contributed by atoms with Crippen molar-refractivity contribution in [1.82, 2.24) is 0 Å². The fourth-order valence-corrected chi connectivity index (χ4v) is 1.54. The third-order valence-electron chi connectivity index (χ3n) is 1.58. The van der Waals surface area contributed by atoms with E-state index >= 15 is 0 Å². The molecule has 0 heterocycles. The highest BCUT2D eigenvalue weighted by Gasteiger charge is 2.16. The number of benzene rings is 1. The molecule has 16 heavy (non-hydrogen) atoms. The smallest absolute Gasteiger partial charge is 0.339 e. The van der Waals surface area contributed by atoms with E-state index in [4.69, 9.17) is 5.73 Å². The molecule has 0 spiro atoms. The molecular formula is C9H6F2INO3. The number of carbonyl (C=O) groups is 2. The molecule has 1 aromatic rings. The van der Waals surface area contributed by atoms with Crippen molar-refractivity contribution < 1.29 is 23.1 Å². The van der Waals surface area contributed by atoms with Gasteiger partial charge < -0.3 is 10.5 Å². The summed E-state index contributed by atoms with van der Waals surface area (Å²) >= 11 is 1.65. The molecule has 86 valence electrons. The van der Waals surface area contributed by atoms with Gasteiger partial charge in [0.05, 0.1) is 5.56 Å². The monoisotopic (exact) mass is 341 g/mol. The number of hydrogen-bond acceptors (Lipinski definition) is 3. The van der Waals surface area contributed by atoms with Gasteiger partial charge in [0.2, 0.25) is 0 Å². The van der Waals surface area contributed by atoms with Crippen molar-refractivity contribution in [2.24, 2.45) is 5.73 Å². The lowest BCUT2D eigenvalue weighted by Gasteiger charge is -2.05. The molecule has 0 aliphatic heterocycles. The number of hydrogen-bond donors (Lipinski definition) is 1. The first-order chi connectivity index (χ1) is 7.41. The van der Waals surface area contributed by atoms with E-state index in [1.54, 1.807) is 22.6 Å². The summed E-state index contributed by atoms with van der Waals surface area (Å²) in [7, 11) is 0. The van der Waals surface area contributed by atoms with E-state index in [0.717, 1.165) is 6.07 Å². The van der Waals surface area contributed by atoms with Gasteiger partial charge in [-0.3, -0.25) is 4.79 Å². The zero-order valence-electron chi connectivity index (χ0n) is 7.80. The molecule has 0 saturated carbocycles. The van der Waals surface area contributed by atoms with Crippen LogP contribution in [-0.2, 0) is 9.53 Å². The van der Waals surface area contributed by atoms with E-state index < -0.39 is 30.1 Å². The van der Waals surface area contributed by atoms with Crippen molar-refractivity contribution in [3.63, 3.8) is 0 Å². The van der Waals surface area contributed by atoms with Crippen molar-refractivity contribution >= 4 is 34.5 Å². The standard InChI is InChI=1S/C9H6F2INO3/c10-5-1-4(7(12)2-6(5)11)9(15)16-3-8(13)14/h1-2H,3H2,(H2,13,14). The maximum absolute atomic E-state index is 12.8. The number of halogens is 3. The number of amides is 1. The Hall–Kier alpha value is -1.25. The van der Waals surface area contributed by atoms with Crippen molar-refractivity contribution in [2.45, 2.75) is 0 Å². The van der Waals surface area contributed by atoms with Crippen LogP contribution in [0.2, 0.25) is 0 Å². The SMILES string of the molecule is NC(=O)COC(=O)c1cc(F)c(F)cc1I. The summed E-state index contributed by atoms with van der Waals surface area (Å²) in [6, 6.07) is 1.57. The van der Waals surface area contributed by atoms with Gasteiger partial charge in [-0.15, -0.1) is 0 Å². The molecule has 0 bridgehead atoms. The van der Waals surface area contributed by atoms with Crippen LogP contribution in [0.3, 0.4) is 0 Å². The van der Waals surface area contributed by atoms with Crippen LogP contribution in [0.4, 0.5) is 8.78 Å². The van der Waals surface area contributed by atoms with E-state index in [1.165, 1.54) is 0 Å². The number of primary amides is 1. The van der Waals surface area contributed by atoms with Crippen LogP contribution < -0.4 is 5.73 Å². The first-order valence-corrected chi connectivity index (χ1v) is 5.09. The third-order valence-corrected chi connectivity index (χ3v) is 2.47. The Bertz CT molecular complexity index is 451. The highest BCUT2D eigenvalue weighted by Crippen LogP contribution is 2.17. The van der Waals surface area contributed by atoms with Gasteiger partial charge >= 0.3 is 5.97 Å². The van der Waals surface area contributed by atoms with Crippen LogP contribution in [-0.4, -0.2) is 18.5 Å². The molecule has 0 aliphatic rings. The molecule has 1 amide bonds. The molecule has 1 aromatic carbocycles. The number of rotatable bonds is 3. The van der Waals surface area contributed by atoms with Gasteiger partial charge in [0.25, 0.3) is 5.91 Å². The van der Waals surface area contributed by atoms with Gasteiger partial charge in [-0.1, -0.05) is 0 Å². The topological polar surface area (TPSA) is 69.4 Å². The minimum atomic E-state index is -1.16. The average molecular weight is 341 g/mol. The number of ether oxygens (including phenoxy) is 1. The lowest BCUT2D eigenvalue weighted by molar-refractivity contribution is -0.121. The quantitative estimate of drug-likeness (QED) is 0.511. The average Bonchev–Trinajstić information content (AvgIpc) is 2.20. The van der Waals surface area contributed by atoms with Crippen LogP contribution in [0.25, 0.3) is 0 Å². The summed E-state index contributed by atoms with van der Waals surface area (Å²) in [5, 5.41) is 0. The van der Waals surface area contributed by atoms with E-state index in [9.17, 15) is 18.4 Å². The van der Waals surface area contributed by atoms with Crippen LogP contribution in [0, 0.1) is 15.2 Å². The predicted molar refractivity (Wildman–Crippen MR) is 58.6 cm³/mol. The molecule has 0 radical (unpaired) electrons. The molecular weight excluding hydrogens is 335 g/mol. The zero-order chi connectivity index (χ0) is 12.3. The Morgan fingerprint density at radius 2 is 1.88 bits per heavy atom. The first-order valence-electron chi connectivity index (χ1n) is 4.01. The predicted octanol–water partition coefficient (Wildman–Crippen LogP) is 1.21. The minimum absolute atomic E-state index is 0.152. The highest BCUT2D eigenvalue weighted by atomic mass is 127. The Kier molecular flexibility index (Phi) is 4.16. The van der Waals surface area contributed by atoms with Crippen molar-refractivity contribution in [1.29, 1.82) is 0 Å². The summed E-state index contributed by atoms with van der Waals surface area (Å²) in [6.45, 7) is -0.603. The molecule has 4 nitrogen and oxygen atoms in total. The summed E-state index contributed by atoms with van der Waals surface area (Å²) in [4.78, 5) is 21.7. The number of esters is 1. The molecule has 7 heteroatoms. The molecule has 2 N–H and O–H groups in total.